The highest BCUT2D eigenvalue weighted by Crippen LogP contribution is 2.20. The summed E-state index contributed by atoms with van der Waals surface area (Å²) in [5, 5.41) is 4.13. The summed E-state index contributed by atoms with van der Waals surface area (Å²) in [6.45, 7) is 5.93. The van der Waals surface area contributed by atoms with E-state index < -0.39 is 11.6 Å². The minimum atomic E-state index is -0.971. The molecule has 0 aliphatic rings. The van der Waals surface area contributed by atoms with Crippen LogP contribution in [0.1, 0.15) is 30.3 Å². The van der Waals surface area contributed by atoms with Gasteiger partial charge in [0.1, 0.15) is 6.33 Å². The van der Waals surface area contributed by atoms with E-state index in [9.17, 15) is 13.6 Å². The van der Waals surface area contributed by atoms with Gasteiger partial charge in [0.25, 0.3) is 5.78 Å². The van der Waals surface area contributed by atoms with Crippen LogP contribution in [0.3, 0.4) is 0 Å². The number of nitrogens with zero attached hydrogens (tertiary/aromatic N) is 5. The molecule has 8 heteroatoms. The Kier molecular flexibility index (Phi) is 4.92. The SMILES string of the molecule is CCN(C(=O)CCc1c(C)nc2ncnn2c1C)c1ccc(F)c(F)c1. The number of carbonyl (C=O) groups excluding carboxylic acids is 1. The second kappa shape index (κ2) is 7.15. The summed E-state index contributed by atoms with van der Waals surface area (Å²) in [5.41, 5.74) is 2.95. The summed E-state index contributed by atoms with van der Waals surface area (Å²) in [7, 11) is 0. The minimum Gasteiger partial charge on any atom is -0.313 e. The lowest BCUT2D eigenvalue weighted by atomic mass is 10.1. The predicted octanol–water partition coefficient (Wildman–Crippen LogP) is 3.01. The first-order valence-electron chi connectivity index (χ1n) is 8.33. The third-order valence-corrected chi connectivity index (χ3v) is 4.41. The number of hydrogen-bond donors (Lipinski definition) is 0. The van der Waals surface area contributed by atoms with E-state index in [0.717, 1.165) is 29.1 Å². The van der Waals surface area contributed by atoms with Gasteiger partial charge in [-0.3, -0.25) is 4.79 Å². The highest BCUT2D eigenvalue weighted by atomic mass is 19.2. The molecular formula is C18H19F2N5O. The van der Waals surface area contributed by atoms with Crippen LogP contribution in [0.25, 0.3) is 5.78 Å². The van der Waals surface area contributed by atoms with Gasteiger partial charge in [-0.2, -0.15) is 10.1 Å². The van der Waals surface area contributed by atoms with E-state index in [1.54, 1.807) is 11.4 Å². The van der Waals surface area contributed by atoms with Crippen molar-refractivity contribution in [2.45, 2.75) is 33.6 Å². The monoisotopic (exact) mass is 359 g/mol. The van der Waals surface area contributed by atoms with E-state index in [2.05, 4.69) is 15.1 Å². The molecule has 0 radical (unpaired) electrons. The van der Waals surface area contributed by atoms with Crippen molar-refractivity contribution in [3.05, 3.63) is 53.1 Å². The van der Waals surface area contributed by atoms with Crippen LogP contribution in [0.4, 0.5) is 14.5 Å². The molecule has 3 rings (SSSR count). The van der Waals surface area contributed by atoms with Gasteiger partial charge in [0, 0.05) is 36.1 Å². The minimum absolute atomic E-state index is 0.170. The Morgan fingerprint density at radius 2 is 2.00 bits per heavy atom. The van der Waals surface area contributed by atoms with Crippen molar-refractivity contribution in [3.8, 4) is 0 Å². The van der Waals surface area contributed by atoms with Crippen molar-refractivity contribution in [2.24, 2.45) is 0 Å². The Morgan fingerprint density at radius 1 is 1.23 bits per heavy atom. The van der Waals surface area contributed by atoms with Crippen LogP contribution in [0.15, 0.2) is 24.5 Å². The maximum atomic E-state index is 13.5. The summed E-state index contributed by atoms with van der Waals surface area (Å²) in [5.74, 6) is -1.56. The third-order valence-electron chi connectivity index (χ3n) is 4.41. The van der Waals surface area contributed by atoms with Crippen LogP contribution in [-0.2, 0) is 11.2 Å². The molecule has 3 aromatic rings. The molecule has 0 bridgehead atoms. The number of rotatable bonds is 5. The Bertz CT molecular complexity index is 970. The molecule has 1 aromatic carbocycles. The van der Waals surface area contributed by atoms with Crippen molar-refractivity contribution in [1.29, 1.82) is 0 Å². The molecule has 2 aromatic heterocycles. The van der Waals surface area contributed by atoms with Crippen LogP contribution in [0, 0.1) is 25.5 Å². The summed E-state index contributed by atoms with van der Waals surface area (Å²) in [6, 6.07) is 3.47. The van der Waals surface area contributed by atoms with E-state index in [4.69, 9.17) is 0 Å². The predicted molar refractivity (Wildman–Crippen MR) is 93.0 cm³/mol. The van der Waals surface area contributed by atoms with Crippen molar-refractivity contribution < 1.29 is 13.6 Å². The summed E-state index contributed by atoms with van der Waals surface area (Å²) < 4.78 is 28.2. The highest BCUT2D eigenvalue weighted by Gasteiger charge is 2.18. The molecule has 6 nitrogen and oxygen atoms in total. The molecule has 0 saturated carbocycles. The standard InChI is InChI=1S/C18H19F2N5O/c1-4-24(13-5-7-15(19)16(20)9-13)17(26)8-6-14-11(2)23-18-21-10-22-25(18)12(14)3/h5,7,9-10H,4,6,8H2,1-3H3. The number of amides is 1. The van der Waals surface area contributed by atoms with Crippen LogP contribution in [0.5, 0.6) is 0 Å². The number of aromatic nitrogens is 4. The van der Waals surface area contributed by atoms with Crippen LogP contribution < -0.4 is 4.90 Å². The quantitative estimate of drug-likeness (QED) is 0.703. The number of fused-ring (bicyclic) bond motifs is 1. The zero-order valence-corrected chi connectivity index (χ0v) is 14.8. The Balaban J connectivity index is 1.80. The first kappa shape index (κ1) is 17.9. The zero-order chi connectivity index (χ0) is 18.8. The lowest BCUT2D eigenvalue weighted by Crippen LogP contribution is -2.31. The fraction of sp³-hybridized carbons (Fsp3) is 0.333. The third kappa shape index (κ3) is 3.26. The van der Waals surface area contributed by atoms with Gasteiger partial charge in [-0.25, -0.2) is 18.3 Å². The summed E-state index contributed by atoms with van der Waals surface area (Å²) in [4.78, 5) is 22.5. The number of aryl methyl sites for hydroxylation is 2. The maximum absolute atomic E-state index is 13.5. The molecular weight excluding hydrogens is 340 g/mol. The number of carbonyl (C=O) groups is 1. The van der Waals surface area contributed by atoms with Gasteiger partial charge in [-0.1, -0.05) is 0 Å². The smallest absolute Gasteiger partial charge is 0.252 e. The molecule has 0 saturated heterocycles. The summed E-state index contributed by atoms with van der Waals surface area (Å²) in [6.07, 6.45) is 2.13. The number of benzene rings is 1. The van der Waals surface area contributed by atoms with Gasteiger partial charge in [-0.15, -0.1) is 0 Å². The van der Waals surface area contributed by atoms with Gasteiger partial charge < -0.3 is 4.90 Å². The van der Waals surface area contributed by atoms with Crippen molar-refractivity contribution in [1.82, 2.24) is 19.6 Å². The fourth-order valence-corrected chi connectivity index (χ4v) is 3.04. The van der Waals surface area contributed by atoms with E-state index in [0.29, 0.717) is 24.4 Å². The van der Waals surface area contributed by atoms with Crippen LogP contribution in [-0.4, -0.2) is 32.0 Å². The second-order valence-electron chi connectivity index (χ2n) is 5.97. The van der Waals surface area contributed by atoms with Gasteiger partial charge >= 0.3 is 0 Å². The number of anilines is 1. The first-order chi connectivity index (χ1) is 12.4. The molecule has 1 amide bonds. The van der Waals surface area contributed by atoms with Crippen molar-refractivity contribution >= 4 is 17.4 Å². The Labute approximate surface area is 149 Å². The lowest BCUT2D eigenvalue weighted by Gasteiger charge is -2.21. The first-order valence-corrected chi connectivity index (χ1v) is 8.33. The van der Waals surface area contributed by atoms with Crippen LogP contribution in [0.2, 0.25) is 0 Å². The Morgan fingerprint density at radius 3 is 2.69 bits per heavy atom. The summed E-state index contributed by atoms with van der Waals surface area (Å²) >= 11 is 0. The van der Waals surface area contributed by atoms with E-state index in [1.165, 1.54) is 17.3 Å². The molecule has 136 valence electrons. The molecule has 0 unspecified atom stereocenters. The number of halogens is 2. The normalized spacial score (nSPS) is 11.1. The van der Waals surface area contributed by atoms with Crippen molar-refractivity contribution in [2.75, 3.05) is 11.4 Å². The largest absolute Gasteiger partial charge is 0.313 e. The fourth-order valence-electron chi connectivity index (χ4n) is 3.04. The van der Waals surface area contributed by atoms with Gasteiger partial charge in [-0.05, 0) is 44.9 Å². The molecule has 2 heterocycles. The maximum Gasteiger partial charge on any atom is 0.252 e. The van der Waals surface area contributed by atoms with Crippen molar-refractivity contribution in [3.63, 3.8) is 0 Å². The van der Waals surface area contributed by atoms with E-state index in [-0.39, 0.29) is 12.3 Å². The molecule has 0 aliphatic carbocycles. The molecule has 0 spiro atoms. The molecule has 0 aliphatic heterocycles. The second-order valence-corrected chi connectivity index (χ2v) is 5.97. The molecule has 26 heavy (non-hydrogen) atoms. The van der Waals surface area contributed by atoms with Gasteiger partial charge in [0.2, 0.25) is 5.91 Å². The molecule has 0 fully saturated rings. The van der Waals surface area contributed by atoms with Gasteiger partial charge in [0.05, 0.1) is 0 Å². The molecule has 0 N–H and O–H groups in total. The Hall–Kier alpha value is -2.90. The highest BCUT2D eigenvalue weighted by molar-refractivity contribution is 5.93. The topological polar surface area (TPSA) is 63.4 Å². The van der Waals surface area contributed by atoms with Crippen LogP contribution >= 0.6 is 0 Å². The average Bonchev–Trinajstić information content (AvgIpc) is 3.07. The number of hydrogen-bond acceptors (Lipinski definition) is 4. The zero-order valence-electron chi connectivity index (χ0n) is 14.8. The van der Waals surface area contributed by atoms with E-state index in [1.807, 2.05) is 13.8 Å². The molecule has 0 atom stereocenters. The average molecular weight is 359 g/mol. The lowest BCUT2D eigenvalue weighted by molar-refractivity contribution is -0.118. The van der Waals surface area contributed by atoms with Gasteiger partial charge in [0.15, 0.2) is 11.6 Å². The van der Waals surface area contributed by atoms with E-state index >= 15 is 0 Å².